The van der Waals surface area contributed by atoms with Gasteiger partial charge >= 0.3 is 0 Å². The fourth-order valence-electron chi connectivity index (χ4n) is 4.59. The quantitative estimate of drug-likeness (QED) is 0.351. The molecule has 2 aromatic heterocycles. The Morgan fingerprint density at radius 1 is 0.972 bits per heavy atom. The summed E-state index contributed by atoms with van der Waals surface area (Å²) in [6.07, 6.45) is 4.55. The SMILES string of the molecule is O=C(Nc1cccc(-c2cccc3nc(Nc4ccc(OCCN5CCCC5)cc4)nn23)c1)C1CC1. The van der Waals surface area contributed by atoms with Gasteiger partial charge in [-0.2, -0.15) is 4.98 Å². The summed E-state index contributed by atoms with van der Waals surface area (Å²) in [6, 6.07) is 21.6. The normalized spacial score (nSPS) is 15.8. The average Bonchev–Trinajstić information content (AvgIpc) is 3.47. The van der Waals surface area contributed by atoms with Gasteiger partial charge in [0.25, 0.3) is 0 Å². The standard InChI is InChI=1S/C28H30N6O2/c35-27(20-9-10-20)29-23-6-3-5-21(19-23)25-7-4-8-26-31-28(32-34(25)26)30-22-11-13-24(14-12-22)36-18-17-33-15-1-2-16-33/h3-8,11-14,19-20H,1-2,9-10,15-18H2,(H,29,35)(H,30,32). The van der Waals surface area contributed by atoms with Crippen LogP contribution in [0.4, 0.5) is 17.3 Å². The largest absolute Gasteiger partial charge is 0.492 e. The number of carbonyl (C=O) groups is 1. The van der Waals surface area contributed by atoms with Gasteiger partial charge in [-0.1, -0.05) is 18.2 Å². The molecular formula is C28H30N6O2. The molecule has 0 unspecified atom stereocenters. The van der Waals surface area contributed by atoms with Crippen molar-refractivity contribution >= 4 is 28.9 Å². The fourth-order valence-corrected chi connectivity index (χ4v) is 4.59. The van der Waals surface area contributed by atoms with Crippen LogP contribution >= 0.6 is 0 Å². The molecule has 2 N–H and O–H groups in total. The van der Waals surface area contributed by atoms with E-state index in [-0.39, 0.29) is 11.8 Å². The minimum absolute atomic E-state index is 0.0978. The number of fused-ring (bicyclic) bond motifs is 1. The molecule has 0 bridgehead atoms. The monoisotopic (exact) mass is 482 g/mol. The maximum atomic E-state index is 12.2. The summed E-state index contributed by atoms with van der Waals surface area (Å²) in [5.74, 6) is 1.64. The van der Waals surface area contributed by atoms with Gasteiger partial charge < -0.3 is 15.4 Å². The second-order valence-electron chi connectivity index (χ2n) is 9.51. The van der Waals surface area contributed by atoms with Crippen molar-refractivity contribution in [1.82, 2.24) is 19.5 Å². The van der Waals surface area contributed by atoms with Crippen LogP contribution in [0.1, 0.15) is 25.7 Å². The zero-order valence-corrected chi connectivity index (χ0v) is 20.2. The smallest absolute Gasteiger partial charge is 0.247 e. The molecule has 4 aromatic rings. The van der Waals surface area contributed by atoms with Gasteiger partial charge in [-0.25, -0.2) is 4.52 Å². The lowest BCUT2D eigenvalue weighted by Crippen LogP contribution is -2.25. The second-order valence-corrected chi connectivity index (χ2v) is 9.51. The maximum absolute atomic E-state index is 12.2. The molecule has 1 aliphatic heterocycles. The van der Waals surface area contributed by atoms with Crippen LogP contribution in [0.15, 0.2) is 66.7 Å². The summed E-state index contributed by atoms with van der Waals surface area (Å²) in [6.45, 7) is 4.04. The Balaban J connectivity index is 1.14. The lowest BCUT2D eigenvalue weighted by molar-refractivity contribution is -0.117. The first-order chi connectivity index (χ1) is 17.7. The number of aromatic nitrogens is 3. The number of nitrogens with one attached hydrogen (secondary N) is 2. The van der Waals surface area contributed by atoms with Gasteiger partial charge in [0, 0.05) is 29.4 Å². The maximum Gasteiger partial charge on any atom is 0.247 e. The zero-order valence-electron chi connectivity index (χ0n) is 20.2. The first-order valence-electron chi connectivity index (χ1n) is 12.7. The van der Waals surface area contributed by atoms with Crippen LogP contribution in [0.3, 0.4) is 0 Å². The van der Waals surface area contributed by atoms with Gasteiger partial charge in [-0.05, 0) is 87.3 Å². The van der Waals surface area contributed by atoms with E-state index in [1.807, 2.05) is 71.2 Å². The highest BCUT2D eigenvalue weighted by Gasteiger charge is 2.29. The van der Waals surface area contributed by atoms with Gasteiger partial charge in [0.2, 0.25) is 11.9 Å². The third-order valence-electron chi connectivity index (χ3n) is 6.72. The lowest BCUT2D eigenvalue weighted by atomic mass is 10.1. The minimum Gasteiger partial charge on any atom is -0.492 e. The highest BCUT2D eigenvalue weighted by Crippen LogP contribution is 2.31. The van der Waals surface area contributed by atoms with Gasteiger partial charge in [0.05, 0.1) is 5.69 Å². The molecule has 8 nitrogen and oxygen atoms in total. The van der Waals surface area contributed by atoms with Crippen molar-refractivity contribution in [3.05, 3.63) is 66.7 Å². The van der Waals surface area contributed by atoms with Crippen LogP contribution in [0.25, 0.3) is 16.9 Å². The summed E-state index contributed by atoms with van der Waals surface area (Å²) >= 11 is 0. The molecule has 6 rings (SSSR count). The number of hydrogen-bond donors (Lipinski definition) is 2. The highest BCUT2D eigenvalue weighted by atomic mass is 16.5. The Morgan fingerprint density at radius 3 is 2.58 bits per heavy atom. The number of likely N-dealkylation sites (tertiary alicyclic amines) is 1. The molecule has 0 spiro atoms. The molecular weight excluding hydrogens is 452 g/mol. The molecule has 1 saturated carbocycles. The third-order valence-corrected chi connectivity index (χ3v) is 6.72. The summed E-state index contributed by atoms with van der Waals surface area (Å²) in [4.78, 5) is 19.3. The van der Waals surface area contributed by atoms with Crippen molar-refractivity contribution in [2.75, 3.05) is 36.9 Å². The molecule has 184 valence electrons. The Hall–Kier alpha value is -3.91. The number of rotatable bonds is 9. The predicted octanol–water partition coefficient (Wildman–Crippen LogP) is 4.96. The summed E-state index contributed by atoms with van der Waals surface area (Å²) in [5, 5.41) is 11.0. The Morgan fingerprint density at radius 2 is 1.78 bits per heavy atom. The van der Waals surface area contributed by atoms with Crippen molar-refractivity contribution in [3.63, 3.8) is 0 Å². The Labute approximate surface area is 210 Å². The van der Waals surface area contributed by atoms with Crippen LogP contribution in [-0.4, -0.2) is 51.6 Å². The molecule has 8 heteroatoms. The van der Waals surface area contributed by atoms with Crippen LogP contribution in [0, 0.1) is 5.92 Å². The molecule has 2 aromatic carbocycles. The number of hydrogen-bond acceptors (Lipinski definition) is 6. The highest BCUT2D eigenvalue weighted by molar-refractivity contribution is 5.94. The van der Waals surface area contributed by atoms with Crippen molar-refractivity contribution in [1.29, 1.82) is 0 Å². The van der Waals surface area contributed by atoms with E-state index >= 15 is 0 Å². The molecule has 2 fully saturated rings. The summed E-state index contributed by atoms with van der Waals surface area (Å²) < 4.78 is 7.72. The summed E-state index contributed by atoms with van der Waals surface area (Å²) in [5.41, 5.74) is 4.29. The fraction of sp³-hybridized carbons (Fsp3) is 0.321. The van der Waals surface area contributed by atoms with Crippen molar-refractivity contribution in [3.8, 4) is 17.0 Å². The predicted molar refractivity (Wildman–Crippen MR) is 141 cm³/mol. The lowest BCUT2D eigenvalue weighted by Gasteiger charge is -2.15. The Kier molecular flexibility index (Phi) is 6.26. The number of amides is 1. The first kappa shape index (κ1) is 22.5. The van der Waals surface area contributed by atoms with E-state index in [2.05, 4.69) is 20.5 Å². The number of ether oxygens (including phenoxy) is 1. The van der Waals surface area contributed by atoms with Crippen molar-refractivity contribution in [2.45, 2.75) is 25.7 Å². The topological polar surface area (TPSA) is 83.8 Å². The molecule has 3 heterocycles. The minimum atomic E-state index is 0.0978. The van der Waals surface area contributed by atoms with Gasteiger partial charge in [0.15, 0.2) is 5.65 Å². The van der Waals surface area contributed by atoms with Gasteiger partial charge in [-0.15, -0.1) is 5.10 Å². The molecule has 0 radical (unpaired) electrons. The number of anilines is 3. The van der Waals surface area contributed by atoms with E-state index in [0.29, 0.717) is 12.6 Å². The number of benzene rings is 2. The molecule has 1 amide bonds. The molecule has 1 saturated heterocycles. The van der Waals surface area contributed by atoms with E-state index in [1.165, 1.54) is 25.9 Å². The van der Waals surface area contributed by atoms with E-state index in [0.717, 1.165) is 53.4 Å². The van der Waals surface area contributed by atoms with Crippen LogP contribution < -0.4 is 15.4 Å². The average molecular weight is 483 g/mol. The van der Waals surface area contributed by atoms with E-state index in [1.54, 1.807) is 0 Å². The molecule has 0 atom stereocenters. The van der Waals surface area contributed by atoms with Crippen LogP contribution in [0.2, 0.25) is 0 Å². The Bertz CT molecular complexity index is 1360. The molecule has 2 aliphatic rings. The van der Waals surface area contributed by atoms with Crippen molar-refractivity contribution < 1.29 is 9.53 Å². The summed E-state index contributed by atoms with van der Waals surface area (Å²) in [7, 11) is 0. The van der Waals surface area contributed by atoms with Crippen LogP contribution in [-0.2, 0) is 4.79 Å². The van der Waals surface area contributed by atoms with Gasteiger partial charge in [-0.3, -0.25) is 9.69 Å². The zero-order chi connectivity index (χ0) is 24.3. The number of pyridine rings is 1. The van der Waals surface area contributed by atoms with Crippen LogP contribution in [0.5, 0.6) is 5.75 Å². The molecule has 36 heavy (non-hydrogen) atoms. The molecule has 1 aliphatic carbocycles. The van der Waals surface area contributed by atoms with E-state index in [9.17, 15) is 4.79 Å². The van der Waals surface area contributed by atoms with E-state index < -0.39 is 0 Å². The number of nitrogens with zero attached hydrogens (tertiary/aromatic N) is 4. The van der Waals surface area contributed by atoms with Gasteiger partial charge in [0.1, 0.15) is 12.4 Å². The first-order valence-corrected chi connectivity index (χ1v) is 12.7. The third kappa shape index (κ3) is 5.18. The van der Waals surface area contributed by atoms with Crippen molar-refractivity contribution in [2.24, 2.45) is 5.92 Å². The number of carbonyl (C=O) groups excluding carboxylic acids is 1. The second kappa shape index (κ2) is 9.99. The van der Waals surface area contributed by atoms with E-state index in [4.69, 9.17) is 9.84 Å².